The molecular weight excluding hydrogens is 576 g/mol. The first-order valence-electron chi connectivity index (χ1n) is 14.5. The van der Waals surface area contributed by atoms with Crippen molar-refractivity contribution < 1.29 is 27.1 Å². The van der Waals surface area contributed by atoms with Crippen molar-refractivity contribution in [3.05, 3.63) is 88.6 Å². The molecule has 1 aliphatic carbocycles. The van der Waals surface area contributed by atoms with Crippen molar-refractivity contribution in [2.24, 2.45) is 11.7 Å². The third-order valence-corrected chi connectivity index (χ3v) is 8.66. The average Bonchev–Trinajstić information content (AvgIpc) is 3.32. The van der Waals surface area contributed by atoms with Crippen LogP contribution in [-0.2, 0) is 13.2 Å². The predicted octanol–water partition coefficient (Wildman–Crippen LogP) is 6.01. The largest absolute Gasteiger partial charge is 0.473 e. The molecule has 228 valence electrons. The number of nitriles is 1. The van der Waals surface area contributed by atoms with Crippen molar-refractivity contribution >= 4 is 16.9 Å². The molecule has 12 heteroatoms. The smallest absolute Gasteiger partial charge is 0.391 e. The van der Waals surface area contributed by atoms with Crippen LogP contribution in [0.3, 0.4) is 0 Å². The Morgan fingerprint density at radius 2 is 1.84 bits per heavy atom. The number of pyridine rings is 1. The molecule has 8 nitrogen and oxygen atoms in total. The number of hydrogen-bond donors (Lipinski definition) is 1. The van der Waals surface area contributed by atoms with E-state index in [1.807, 2.05) is 22.8 Å². The number of carbonyl (C=O) groups is 1. The van der Waals surface area contributed by atoms with E-state index in [-0.39, 0.29) is 37.0 Å². The Bertz CT molecular complexity index is 1730. The van der Waals surface area contributed by atoms with E-state index in [1.54, 1.807) is 24.3 Å². The van der Waals surface area contributed by atoms with E-state index < -0.39 is 23.8 Å². The number of fused-ring (bicyclic) bond motifs is 1. The second-order valence-corrected chi connectivity index (χ2v) is 11.5. The zero-order valence-corrected chi connectivity index (χ0v) is 23.7. The van der Waals surface area contributed by atoms with Crippen LogP contribution in [0.5, 0.6) is 5.88 Å². The number of halogens is 4. The molecule has 0 unspecified atom stereocenters. The average molecular weight is 607 g/mol. The lowest BCUT2D eigenvalue weighted by atomic mass is 9.79. The van der Waals surface area contributed by atoms with Crippen LogP contribution >= 0.6 is 0 Å². The van der Waals surface area contributed by atoms with Crippen molar-refractivity contribution in [2.75, 3.05) is 13.1 Å². The fourth-order valence-electron chi connectivity index (χ4n) is 6.09. The summed E-state index contributed by atoms with van der Waals surface area (Å²) < 4.78 is 61.8. The fraction of sp³-hybridized carbons (Fsp3) is 0.375. The molecule has 2 aliphatic rings. The van der Waals surface area contributed by atoms with Crippen LogP contribution in [0.2, 0.25) is 0 Å². The number of carbonyl (C=O) groups excluding carboxylic acids is 1. The molecule has 0 atom stereocenters. The summed E-state index contributed by atoms with van der Waals surface area (Å²) in [5, 5.41) is 8.93. The van der Waals surface area contributed by atoms with E-state index in [4.69, 9.17) is 20.7 Å². The molecule has 2 aromatic carbocycles. The van der Waals surface area contributed by atoms with Gasteiger partial charge in [-0.25, -0.2) is 14.4 Å². The number of imidazole rings is 1. The molecule has 1 saturated heterocycles. The zero-order valence-electron chi connectivity index (χ0n) is 23.7. The fourth-order valence-corrected chi connectivity index (χ4v) is 6.09. The molecule has 1 aliphatic heterocycles. The first-order valence-corrected chi connectivity index (χ1v) is 14.5. The number of nitrogens with zero attached hydrogens (tertiary/aromatic N) is 5. The third kappa shape index (κ3) is 6.10. The summed E-state index contributed by atoms with van der Waals surface area (Å²) in [6.07, 6.45) is -2.65. The van der Waals surface area contributed by atoms with Crippen LogP contribution < -0.4 is 10.5 Å². The molecule has 1 amide bonds. The van der Waals surface area contributed by atoms with Crippen LogP contribution in [0, 0.1) is 23.1 Å². The summed E-state index contributed by atoms with van der Waals surface area (Å²) in [7, 11) is 0. The Morgan fingerprint density at radius 1 is 1.07 bits per heavy atom. The van der Waals surface area contributed by atoms with Gasteiger partial charge in [0.1, 0.15) is 18.2 Å². The molecule has 2 fully saturated rings. The molecule has 1 saturated carbocycles. The van der Waals surface area contributed by atoms with Gasteiger partial charge in [-0.2, -0.15) is 18.4 Å². The number of ether oxygens (including phenoxy) is 1. The van der Waals surface area contributed by atoms with Crippen molar-refractivity contribution in [1.82, 2.24) is 19.4 Å². The van der Waals surface area contributed by atoms with Gasteiger partial charge in [0.25, 0.3) is 0 Å². The number of piperidine rings is 1. The highest BCUT2D eigenvalue weighted by Gasteiger charge is 2.49. The Morgan fingerprint density at radius 3 is 2.52 bits per heavy atom. The summed E-state index contributed by atoms with van der Waals surface area (Å²) in [6.45, 7) is 1.92. The Balaban J connectivity index is 1.12. The van der Waals surface area contributed by atoms with E-state index in [0.29, 0.717) is 40.4 Å². The number of alkyl halides is 3. The number of likely N-dealkylation sites (tertiary alicyclic amines) is 1. The van der Waals surface area contributed by atoms with Crippen LogP contribution in [-0.4, -0.2) is 44.6 Å². The molecule has 2 N–H and O–H groups in total. The number of benzene rings is 2. The van der Waals surface area contributed by atoms with Crippen molar-refractivity contribution in [3.8, 4) is 11.9 Å². The standard InChI is InChI=1S/C32H30F4N6O2/c33-25-12-19(16-37)4-5-22(25)18-44-30-3-1-2-26(40-30)20-8-10-41(11-9-20)17-29-39-27-7-6-21(31(38)43)13-28(27)42(29)24-14-23(15-24)32(34,35)36/h1-7,12-13,20,23-24H,8-11,14-15,17-18H2,(H2,38,43). The van der Waals surface area contributed by atoms with E-state index >= 15 is 0 Å². The van der Waals surface area contributed by atoms with Crippen LogP contribution in [0.4, 0.5) is 17.6 Å². The normalized spacial score (nSPS) is 19.4. The molecule has 0 spiro atoms. The second kappa shape index (κ2) is 11.9. The SMILES string of the molecule is N#Cc1ccc(COc2cccc(C3CCN(Cc4nc5ccc(C(N)=O)cc5n4C4CC(C(F)(F)F)C4)CC3)n2)c(F)c1. The van der Waals surface area contributed by atoms with Crippen LogP contribution in [0.25, 0.3) is 11.0 Å². The Kier molecular flexibility index (Phi) is 7.98. The number of primary amides is 1. The first kappa shape index (κ1) is 29.6. The van der Waals surface area contributed by atoms with Gasteiger partial charge < -0.3 is 15.0 Å². The summed E-state index contributed by atoms with van der Waals surface area (Å²) in [5.74, 6) is -1.22. The summed E-state index contributed by atoms with van der Waals surface area (Å²) in [6, 6.07) is 16.2. The van der Waals surface area contributed by atoms with Crippen LogP contribution in [0.15, 0.2) is 54.6 Å². The quantitative estimate of drug-likeness (QED) is 0.246. The van der Waals surface area contributed by atoms with E-state index in [0.717, 1.165) is 31.6 Å². The van der Waals surface area contributed by atoms with Gasteiger partial charge in [0, 0.05) is 34.8 Å². The topological polar surface area (TPSA) is 110 Å². The van der Waals surface area contributed by atoms with Crippen molar-refractivity contribution in [1.29, 1.82) is 5.26 Å². The number of nitrogens with two attached hydrogens (primary N) is 1. The van der Waals surface area contributed by atoms with Gasteiger partial charge in [-0.05, 0) is 75.2 Å². The molecule has 4 aromatic rings. The van der Waals surface area contributed by atoms with E-state index in [2.05, 4.69) is 9.88 Å². The van der Waals surface area contributed by atoms with Gasteiger partial charge in [0.05, 0.1) is 35.1 Å². The molecular formula is C32H30F4N6O2. The minimum atomic E-state index is -4.23. The second-order valence-electron chi connectivity index (χ2n) is 11.5. The van der Waals surface area contributed by atoms with Gasteiger partial charge in [-0.15, -0.1) is 0 Å². The highest BCUT2D eigenvalue weighted by Crippen LogP contribution is 2.48. The summed E-state index contributed by atoms with van der Waals surface area (Å²) >= 11 is 0. The number of aromatic nitrogens is 3. The minimum absolute atomic E-state index is 0.0148. The van der Waals surface area contributed by atoms with Gasteiger partial charge in [0.15, 0.2) is 0 Å². The maximum Gasteiger partial charge on any atom is 0.391 e. The number of rotatable bonds is 8. The summed E-state index contributed by atoms with van der Waals surface area (Å²) in [5.41, 5.74) is 8.46. The molecule has 0 radical (unpaired) electrons. The lowest BCUT2D eigenvalue weighted by Crippen LogP contribution is -2.38. The Labute approximate surface area is 251 Å². The molecule has 2 aromatic heterocycles. The zero-order chi connectivity index (χ0) is 31.0. The number of hydrogen-bond acceptors (Lipinski definition) is 6. The number of amides is 1. The summed E-state index contributed by atoms with van der Waals surface area (Å²) in [4.78, 5) is 23.5. The highest BCUT2D eigenvalue weighted by molar-refractivity contribution is 5.96. The lowest BCUT2D eigenvalue weighted by Gasteiger charge is -2.39. The maximum atomic E-state index is 14.2. The maximum absolute atomic E-state index is 14.2. The molecule has 0 bridgehead atoms. The lowest BCUT2D eigenvalue weighted by molar-refractivity contribution is -0.202. The van der Waals surface area contributed by atoms with Gasteiger partial charge >= 0.3 is 6.18 Å². The third-order valence-electron chi connectivity index (χ3n) is 8.66. The van der Waals surface area contributed by atoms with Gasteiger partial charge in [-0.1, -0.05) is 12.1 Å². The first-order chi connectivity index (χ1) is 21.1. The monoisotopic (exact) mass is 606 g/mol. The minimum Gasteiger partial charge on any atom is -0.473 e. The van der Waals surface area contributed by atoms with Gasteiger partial charge in [-0.3, -0.25) is 9.69 Å². The van der Waals surface area contributed by atoms with E-state index in [9.17, 15) is 22.4 Å². The Hall–Kier alpha value is -4.50. The predicted molar refractivity (Wildman–Crippen MR) is 153 cm³/mol. The van der Waals surface area contributed by atoms with Crippen LogP contribution in [0.1, 0.15) is 70.6 Å². The van der Waals surface area contributed by atoms with Crippen molar-refractivity contribution in [2.45, 2.75) is 57.0 Å². The van der Waals surface area contributed by atoms with E-state index in [1.165, 1.54) is 18.2 Å². The molecule has 44 heavy (non-hydrogen) atoms. The van der Waals surface area contributed by atoms with Gasteiger partial charge in [0.2, 0.25) is 11.8 Å². The highest BCUT2D eigenvalue weighted by atomic mass is 19.4. The van der Waals surface area contributed by atoms with Crippen molar-refractivity contribution in [3.63, 3.8) is 0 Å². The molecule has 6 rings (SSSR count). The molecule has 3 heterocycles.